The Labute approximate surface area is 149 Å². The Balaban J connectivity index is 1.50. The van der Waals surface area contributed by atoms with Gasteiger partial charge in [-0.3, -0.25) is 0 Å². The highest BCUT2D eigenvalue weighted by atomic mass is 32.1. The summed E-state index contributed by atoms with van der Waals surface area (Å²) in [6.45, 7) is 0.00310. The zero-order valence-corrected chi connectivity index (χ0v) is 14.5. The molecule has 128 valence electrons. The first-order chi connectivity index (χ1) is 12.2. The molecule has 0 amide bonds. The largest absolute Gasteiger partial charge is 0.497 e. The van der Waals surface area contributed by atoms with Gasteiger partial charge in [-0.05, 0) is 36.4 Å². The molecule has 0 radical (unpaired) electrons. The molecule has 0 saturated heterocycles. The maximum absolute atomic E-state index is 11.8. The number of rotatable bonds is 7. The first-order valence-electron chi connectivity index (χ1n) is 7.67. The fourth-order valence-electron chi connectivity index (χ4n) is 2.09. The summed E-state index contributed by atoms with van der Waals surface area (Å²) in [5.74, 6) is 1.01. The Morgan fingerprint density at radius 1 is 1.04 bits per heavy atom. The number of aromatic nitrogens is 1. The van der Waals surface area contributed by atoms with E-state index in [2.05, 4.69) is 4.98 Å². The number of thiazole rings is 1. The molecule has 25 heavy (non-hydrogen) atoms. The van der Waals surface area contributed by atoms with Crippen molar-refractivity contribution in [1.29, 1.82) is 0 Å². The molecular weight excluding hydrogens is 338 g/mol. The molecule has 0 spiro atoms. The zero-order valence-electron chi connectivity index (χ0n) is 13.7. The molecule has 0 aliphatic carbocycles. The van der Waals surface area contributed by atoms with E-state index >= 15 is 0 Å². The van der Waals surface area contributed by atoms with Crippen LogP contribution in [-0.4, -0.2) is 24.7 Å². The summed E-state index contributed by atoms with van der Waals surface area (Å²) in [6, 6.07) is 16.8. The topological polar surface area (TPSA) is 57.7 Å². The van der Waals surface area contributed by atoms with Crippen molar-refractivity contribution < 1.29 is 19.0 Å². The molecular formula is C19H17NO4S. The standard InChI is InChI=1S/C19H17NO4S/c1-22-16-9-7-14(8-10-16)19-20-15(13-25-19)11-24-18(21)12-23-17-5-3-2-4-6-17/h2-10,13H,11-12H2,1H3. The van der Waals surface area contributed by atoms with E-state index in [0.717, 1.165) is 16.3 Å². The second-order valence-electron chi connectivity index (χ2n) is 5.13. The lowest BCUT2D eigenvalue weighted by Crippen LogP contribution is -2.14. The molecule has 6 heteroatoms. The second kappa shape index (κ2) is 8.30. The molecule has 0 saturated carbocycles. The molecule has 0 aliphatic heterocycles. The minimum atomic E-state index is -0.428. The maximum atomic E-state index is 11.8. The highest BCUT2D eigenvalue weighted by Crippen LogP contribution is 2.25. The van der Waals surface area contributed by atoms with Gasteiger partial charge in [0.25, 0.3) is 0 Å². The molecule has 0 N–H and O–H groups in total. The zero-order chi connectivity index (χ0) is 17.5. The molecule has 0 atom stereocenters. The van der Waals surface area contributed by atoms with Crippen LogP contribution in [0.1, 0.15) is 5.69 Å². The molecule has 1 aromatic heterocycles. The normalized spacial score (nSPS) is 10.3. The number of carbonyl (C=O) groups is 1. The SMILES string of the molecule is COc1ccc(-c2nc(COC(=O)COc3ccccc3)cs2)cc1. The van der Waals surface area contributed by atoms with Crippen LogP contribution in [0.4, 0.5) is 0 Å². The van der Waals surface area contributed by atoms with Crippen LogP contribution < -0.4 is 9.47 Å². The van der Waals surface area contributed by atoms with Crippen molar-refractivity contribution in [2.45, 2.75) is 6.61 Å². The van der Waals surface area contributed by atoms with Crippen LogP contribution in [0.2, 0.25) is 0 Å². The van der Waals surface area contributed by atoms with Crippen LogP contribution in [0.15, 0.2) is 60.0 Å². The number of para-hydroxylation sites is 1. The first-order valence-corrected chi connectivity index (χ1v) is 8.55. The summed E-state index contributed by atoms with van der Waals surface area (Å²) >= 11 is 1.50. The van der Waals surface area contributed by atoms with Crippen molar-refractivity contribution in [2.24, 2.45) is 0 Å². The number of carbonyl (C=O) groups excluding carboxylic acids is 1. The number of nitrogens with zero attached hydrogens (tertiary/aromatic N) is 1. The van der Waals surface area contributed by atoms with E-state index < -0.39 is 5.97 Å². The maximum Gasteiger partial charge on any atom is 0.344 e. The number of hydrogen-bond acceptors (Lipinski definition) is 6. The fraction of sp³-hybridized carbons (Fsp3) is 0.158. The van der Waals surface area contributed by atoms with Gasteiger partial charge in [-0.15, -0.1) is 11.3 Å². The van der Waals surface area contributed by atoms with E-state index in [1.165, 1.54) is 11.3 Å². The molecule has 3 aromatic rings. The summed E-state index contributed by atoms with van der Waals surface area (Å²) in [4.78, 5) is 16.2. The number of esters is 1. The third-order valence-electron chi connectivity index (χ3n) is 3.37. The van der Waals surface area contributed by atoms with Gasteiger partial charge in [0.1, 0.15) is 23.1 Å². The van der Waals surface area contributed by atoms with Gasteiger partial charge in [-0.2, -0.15) is 0 Å². The highest BCUT2D eigenvalue weighted by molar-refractivity contribution is 7.13. The minimum Gasteiger partial charge on any atom is -0.497 e. The number of benzene rings is 2. The molecule has 0 bridgehead atoms. The average molecular weight is 355 g/mol. The highest BCUT2D eigenvalue weighted by Gasteiger charge is 2.09. The van der Waals surface area contributed by atoms with Crippen LogP contribution in [0.25, 0.3) is 10.6 Å². The van der Waals surface area contributed by atoms with Crippen LogP contribution >= 0.6 is 11.3 Å². The van der Waals surface area contributed by atoms with Crippen molar-refractivity contribution in [3.8, 4) is 22.1 Å². The fourth-order valence-corrected chi connectivity index (χ4v) is 2.91. The van der Waals surface area contributed by atoms with E-state index in [0.29, 0.717) is 11.4 Å². The number of methoxy groups -OCH3 is 1. The molecule has 0 fully saturated rings. The Morgan fingerprint density at radius 2 is 1.80 bits per heavy atom. The van der Waals surface area contributed by atoms with Gasteiger partial charge in [0.2, 0.25) is 0 Å². The van der Waals surface area contributed by atoms with Gasteiger partial charge in [-0.1, -0.05) is 18.2 Å². The van der Waals surface area contributed by atoms with Gasteiger partial charge < -0.3 is 14.2 Å². The Bertz CT molecular complexity index is 815. The summed E-state index contributed by atoms with van der Waals surface area (Å²) in [5.41, 5.74) is 1.71. The molecule has 0 aliphatic rings. The van der Waals surface area contributed by atoms with Gasteiger partial charge in [0, 0.05) is 10.9 Å². The smallest absolute Gasteiger partial charge is 0.344 e. The Morgan fingerprint density at radius 3 is 2.52 bits per heavy atom. The number of hydrogen-bond donors (Lipinski definition) is 0. The van der Waals surface area contributed by atoms with Crippen LogP contribution in [0.5, 0.6) is 11.5 Å². The van der Waals surface area contributed by atoms with E-state index in [4.69, 9.17) is 14.2 Å². The van der Waals surface area contributed by atoms with Crippen molar-refractivity contribution >= 4 is 17.3 Å². The number of ether oxygens (including phenoxy) is 3. The molecule has 2 aromatic carbocycles. The van der Waals surface area contributed by atoms with Crippen LogP contribution in [-0.2, 0) is 16.1 Å². The summed E-state index contributed by atoms with van der Waals surface area (Å²) in [5, 5.41) is 2.75. The summed E-state index contributed by atoms with van der Waals surface area (Å²) < 4.78 is 15.7. The quantitative estimate of drug-likeness (QED) is 0.601. The lowest BCUT2D eigenvalue weighted by Gasteiger charge is -2.05. The van der Waals surface area contributed by atoms with E-state index in [9.17, 15) is 4.79 Å². The monoisotopic (exact) mass is 355 g/mol. The molecule has 1 heterocycles. The predicted molar refractivity (Wildman–Crippen MR) is 95.8 cm³/mol. The van der Waals surface area contributed by atoms with Gasteiger partial charge in [0.05, 0.1) is 12.8 Å². The third kappa shape index (κ3) is 4.81. The molecule has 5 nitrogen and oxygen atoms in total. The minimum absolute atomic E-state index is 0.126. The van der Waals surface area contributed by atoms with E-state index in [-0.39, 0.29) is 13.2 Å². The first kappa shape index (κ1) is 17.0. The van der Waals surface area contributed by atoms with Gasteiger partial charge in [0.15, 0.2) is 6.61 Å². The summed E-state index contributed by atoms with van der Waals surface area (Å²) in [7, 11) is 1.63. The second-order valence-corrected chi connectivity index (χ2v) is 5.99. The Kier molecular flexibility index (Phi) is 5.64. The lowest BCUT2D eigenvalue weighted by atomic mass is 10.2. The predicted octanol–water partition coefficient (Wildman–Crippen LogP) is 3.94. The van der Waals surface area contributed by atoms with Crippen molar-refractivity contribution in [3.05, 3.63) is 65.7 Å². The molecule has 0 unspecified atom stereocenters. The van der Waals surface area contributed by atoms with Crippen LogP contribution in [0.3, 0.4) is 0 Å². The van der Waals surface area contributed by atoms with E-state index in [1.807, 2.05) is 47.8 Å². The van der Waals surface area contributed by atoms with Crippen LogP contribution in [0, 0.1) is 0 Å². The van der Waals surface area contributed by atoms with Gasteiger partial charge in [-0.25, -0.2) is 9.78 Å². The third-order valence-corrected chi connectivity index (χ3v) is 4.31. The van der Waals surface area contributed by atoms with Crippen molar-refractivity contribution in [3.63, 3.8) is 0 Å². The van der Waals surface area contributed by atoms with Gasteiger partial charge >= 0.3 is 5.97 Å². The molecule has 3 rings (SSSR count). The van der Waals surface area contributed by atoms with Crippen molar-refractivity contribution in [1.82, 2.24) is 4.98 Å². The average Bonchev–Trinajstić information content (AvgIpc) is 3.14. The summed E-state index contributed by atoms with van der Waals surface area (Å²) in [6.07, 6.45) is 0. The van der Waals surface area contributed by atoms with Crippen molar-refractivity contribution in [2.75, 3.05) is 13.7 Å². The Hall–Kier alpha value is -2.86. The lowest BCUT2D eigenvalue weighted by molar-refractivity contribution is -0.147. The van der Waals surface area contributed by atoms with E-state index in [1.54, 1.807) is 19.2 Å².